The molecule has 0 aliphatic rings. The molecule has 4 heteroatoms. The van der Waals surface area contributed by atoms with Crippen LogP contribution in [0.5, 0.6) is 0 Å². The summed E-state index contributed by atoms with van der Waals surface area (Å²) in [5.74, 6) is 0. The maximum absolute atomic E-state index is 5.08. The third kappa shape index (κ3) is 5.39. The molecule has 0 bridgehead atoms. The van der Waals surface area contributed by atoms with Gasteiger partial charge >= 0.3 is 0 Å². The Morgan fingerprint density at radius 3 is 1.17 bits per heavy atom. The molecule has 4 heterocycles. The van der Waals surface area contributed by atoms with E-state index in [1.54, 1.807) is 0 Å². The molecule has 0 atom stereocenters. The van der Waals surface area contributed by atoms with Crippen LogP contribution >= 0.6 is 0 Å². The smallest absolute Gasteiger partial charge is 0.0974 e. The van der Waals surface area contributed by atoms with Crippen LogP contribution in [0.4, 0.5) is 0 Å². The quantitative estimate of drug-likeness (QED) is 0.169. The molecule has 0 N–H and O–H groups in total. The first-order valence-electron chi connectivity index (χ1n) is 18.3. The Kier molecular flexibility index (Phi) is 7.55. The number of rotatable bonds is 5. The van der Waals surface area contributed by atoms with Crippen LogP contribution in [0.3, 0.4) is 0 Å². The third-order valence-electron chi connectivity index (χ3n) is 10.5. The van der Waals surface area contributed by atoms with E-state index in [0.717, 1.165) is 93.9 Å². The number of hydrogen-bond donors (Lipinski definition) is 0. The molecule has 0 spiro atoms. The zero-order chi connectivity index (χ0) is 36.2. The van der Waals surface area contributed by atoms with Crippen LogP contribution in [0.15, 0.2) is 170 Å². The summed E-state index contributed by atoms with van der Waals surface area (Å²) < 4.78 is 0. The molecule has 10 rings (SSSR count). The summed E-state index contributed by atoms with van der Waals surface area (Å²) in [6.07, 6.45) is 3.79. The second-order valence-electron chi connectivity index (χ2n) is 13.9. The summed E-state index contributed by atoms with van der Waals surface area (Å²) in [5.41, 5.74) is 17.2. The molecule has 0 radical (unpaired) electrons. The lowest BCUT2D eigenvalue weighted by Crippen LogP contribution is -1.95. The predicted molar refractivity (Wildman–Crippen MR) is 224 cm³/mol. The van der Waals surface area contributed by atoms with Crippen molar-refractivity contribution in [3.63, 3.8) is 0 Å². The molecule has 0 aliphatic carbocycles. The molecule has 0 aliphatic heterocycles. The molecule has 6 aromatic carbocycles. The molecule has 54 heavy (non-hydrogen) atoms. The van der Waals surface area contributed by atoms with Crippen LogP contribution in [0, 0.1) is 13.8 Å². The lowest BCUT2D eigenvalue weighted by atomic mass is 9.92. The predicted octanol–water partition coefficient (Wildman–Crippen LogP) is 12.8. The largest absolute Gasteiger partial charge is 0.254 e. The molecule has 0 fully saturated rings. The minimum Gasteiger partial charge on any atom is -0.254 e. The number of fused-ring (bicyclic) bond motifs is 6. The Hall–Kier alpha value is -7.04. The average molecular weight is 691 g/mol. The van der Waals surface area contributed by atoms with Gasteiger partial charge in [0, 0.05) is 45.3 Å². The Labute approximate surface area is 313 Å². The number of aromatic nitrogens is 4. The average Bonchev–Trinajstić information content (AvgIpc) is 3.23. The summed E-state index contributed by atoms with van der Waals surface area (Å²) >= 11 is 0. The van der Waals surface area contributed by atoms with E-state index in [1.165, 1.54) is 16.7 Å². The van der Waals surface area contributed by atoms with Crippen LogP contribution in [-0.4, -0.2) is 19.9 Å². The summed E-state index contributed by atoms with van der Waals surface area (Å²) in [6.45, 7) is 4.14. The Morgan fingerprint density at radius 2 is 0.667 bits per heavy atom. The molecular weight excluding hydrogens is 657 g/mol. The monoisotopic (exact) mass is 690 g/mol. The van der Waals surface area contributed by atoms with Gasteiger partial charge in [0.15, 0.2) is 0 Å². The lowest BCUT2D eigenvalue weighted by molar-refractivity contribution is 1.23. The first-order chi connectivity index (χ1) is 26.6. The van der Waals surface area contributed by atoms with E-state index < -0.39 is 0 Å². The molecule has 0 saturated carbocycles. The van der Waals surface area contributed by atoms with Gasteiger partial charge in [-0.15, -0.1) is 0 Å². The molecule has 10 aromatic rings. The number of aryl methyl sites for hydroxylation is 2. The molecule has 4 nitrogen and oxygen atoms in total. The number of pyridine rings is 4. The molecule has 0 unspecified atom stereocenters. The molecule has 254 valence electrons. The van der Waals surface area contributed by atoms with Crippen molar-refractivity contribution in [3.05, 3.63) is 182 Å². The number of hydrogen-bond acceptors (Lipinski definition) is 4. The summed E-state index contributed by atoms with van der Waals surface area (Å²) in [6, 6.07) is 56.0. The van der Waals surface area contributed by atoms with Gasteiger partial charge < -0.3 is 0 Å². The molecule has 0 amide bonds. The SMILES string of the molecule is Cc1cc(-c2ccccc2)c2ccc3c(-c4cccc(-c5cccc(-c6ccnc7c6ccc6c(-c8ccccc8)ccnc67)c5)c4)cc(C)nc3c2n1. The minimum atomic E-state index is 0.906. The summed E-state index contributed by atoms with van der Waals surface area (Å²) in [5, 5.41) is 4.38. The van der Waals surface area contributed by atoms with Crippen molar-refractivity contribution in [2.75, 3.05) is 0 Å². The van der Waals surface area contributed by atoms with Crippen molar-refractivity contribution in [3.8, 4) is 55.6 Å². The van der Waals surface area contributed by atoms with Crippen molar-refractivity contribution >= 4 is 43.6 Å². The van der Waals surface area contributed by atoms with Crippen LogP contribution in [0.1, 0.15) is 11.4 Å². The van der Waals surface area contributed by atoms with Crippen molar-refractivity contribution in [2.24, 2.45) is 0 Å². The van der Waals surface area contributed by atoms with Crippen LogP contribution in [0.2, 0.25) is 0 Å². The number of benzene rings is 6. The third-order valence-corrected chi connectivity index (χ3v) is 10.5. The van der Waals surface area contributed by atoms with Gasteiger partial charge in [-0.3, -0.25) is 19.9 Å². The fourth-order valence-electron chi connectivity index (χ4n) is 8.01. The highest BCUT2D eigenvalue weighted by atomic mass is 14.8. The van der Waals surface area contributed by atoms with E-state index in [0.29, 0.717) is 0 Å². The van der Waals surface area contributed by atoms with E-state index in [-0.39, 0.29) is 0 Å². The topological polar surface area (TPSA) is 51.6 Å². The summed E-state index contributed by atoms with van der Waals surface area (Å²) in [4.78, 5) is 19.8. The van der Waals surface area contributed by atoms with Crippen molar-refractivity contribution in [1.29, 1.82) is 0 Å². The van der Waals surface area contributed by atoms with Crippen molar-refractivity contribution < 1.29 is 0 Å². The van der Waals surface area contributed by atoms with Gasteiger partial charge in [0.1, 0.15) is 0 Å². The zero-order valence-corrected chi connectivity index (χ0v) is 30.0. The Balaban J connectivity index is 1.07. The van der Waals surface area contributed by atoms with E-state index >= 15 is 0 Å². The minimum absolute atomic E-state index is 0.906. The normalized spacial score (nSPS) is 11.5. The van der Waals surface area contributed by atoms with E-state index in [4.69, 9.17) is 19.9 Å². The fourth-order valence-corrected chi connectivity index (χ4v) is 8.01. The highest BCUT2D eigenvalue weighted by Gasteiger charge is 2.16. The second-order valence-corrected chi connectivity index (χ2v) is 13.9. The van der Waals surface area contributed by atoms with Crippen LogP contribution in [0.25, 0.3) is 99.2 Å². The first-order valence-corrected chi connectivity index (χ1v) is 18.3. The van der Waals surface area contributed by atoms with Gasteiger partial charge in [-0.2, -0.15) is 0 Å². The van der Waals surface area contributed by atoms with E-state index in [1.807, 2.05) is 18.5 Å². The Morgan fingerprint density at radius 1 is 0.296 bits per heavy atom. The van der Waals surface area contributed by atoms with Crippen LogP contribution in [-0.2, 0) is 0 Å². The molecule has 4 aromatic heterocycles. The molecule has 0 saturated heterocycles. The standard InChI is InChI=1S/C50H34N4/c1-31-27-45(34-13-7-4-8-14-34)43-21-22-44-46(28-32(2)54-50(44)49(43)53-31)38-18-10-16-36(30-38)35-15-9-17-37(29-35)40-24-26-52-48-42(40)20-19-41-39(23-25-51-47(41)48)33-11-5-3-6-12-33/h3-30H,1-2H3. The summed E-state index contributed by atoms with van der Waals surface area (Å²) in [7, 11) is 0. The van der Waals surface area contributed by atoms with Crippen molar-refractivity contribution in [1.82, 2.24) is 19.9 Å². The van der Waals surface area contributed by atoms with Crippen molar-refractivity contribution in [2.45, 2.75) is 13.8 Å². The Bertz CT molecular complexity index is 3060. The highest BCUT2D eigenvalue weighted by Crippen LogP contribution is 2.39. The lowest BCUT2D eigenvalue weighted by Gasteiger charge is -2.14. The maximum atomic E-state index is 5.08. The van der Waals surface area contributed by atoms with E-state index in [9.17, 15) is 0 Å². The van der Waals surface area contributed by atoms with E-state index in [2.05, 4.69) is 166 Å². The van der Waals surface area contributed by atoms with Gasteiger partial charge in [-0.05, 0) is 106 Å². The fraction of sp³-hybridized carbons (Fsp3) is 0.0400. The second kappa shape index (κ2) is 12.9. The molecular formula is C50H34N4. The maximum Gasteiger partial charge on any atom is 0.0974 e. The number of nitrogens with zero attached hydrogens (tertiary/aromatic N) is 4. The van der Waals surface area contributed by atoms with Gasteiger partial charge in [0.2, 0.25) is 0 Å². The highest BCUT2D eigenvalue weighted by molar-refractivity contribution is 6.13. The van der Waals surface area contributed by atoms with Gasteiger partial charge in [-0.25, -0.2) is 0 Å². The van der Waals surface area contributed by atoms with Crippen LogP contribution < -0.4 is 0 Å². The zero-order valence-electron chi connectivity index (χ0n) is 30.0. The van der Waals surface area contributed by atoms with Gasteiger partial charge in [0.05, 0.1) is 22.1 Å². The van der Waals surface area contributed by atoms with Gasteiger partial charge in [0.25, 0.3) is 0 Å². The first kappa shape index (κ1) is 31.7. The van der Waals surface area contributed by atoms with Gasteiger partial charge in [-0.1, -0.05) is 121 Å².